The second kappa shape index (κ2) is 9.39. The highest BCUT2D eigenvalue weighted by Gasteiger charge is 2.33. The molecule has 1 saturated heterocycles. The molecule has 1 fully saturated rings. The number of hydrogen-bond donors (Lipinski definition) is 2. The van der Waals surface area contributed by atoms with Crippen molar-refractivity contribution in [2.24, 2.45) is 0 Å². The number of para-hydroxylation sites is 1. The molecule has 2 aromatic rings. The Kier molecular flexibility index (Phi) is 6.83. The molecule has 0 bridgehead atoms. The number of nitrogens with one attached hydrogen (secondary N) is 2. The molecular weight excluding hydrogens is 434 g/mol. The van der Waals surface area contributed by atoms with Gasteiger partial charge in [-0.25, -0.2) is 13.3 Å². The summed E-state index contributed by atoms with van der Waals surface area (Å²) in [5, 5.41) is 2.81. The fourth-order valence-corrected chi connectivity index (χ4v) is 4.33. The van der Waals surface area contributed by atoms with E-state index < -0.39 is 27.7 Å². The summed E-state index contributed by atoms with van der Waals surface area (Å²) in [6, 6.07) is 10.1. The molecule has 1 aliphatic heterocycles. The van der Waals surface area contributed by atoms with Crippen molar-refractivity contribution in [1.29, 1.82) is 0 Å². The zero-order valence-electron chi connectivity index (χ0n) is 18.0. The number of hydrogen-bond acceptors (Lipinski definition) is 6. The third kappa shape index (κ3) is 4.75. The van der Waals surface area contributed by atoms with Gasteiger partial charge in [-0.3, -0.25) is 19.1 Å². The van der Waals surface area contributed by atoms with Crippen LogP contribution in [0.1, 0.15) is 43.5 Å². The third-order valence-electron chi connectivity index (χ3n) is 5.16. The molecule has 9 nitrogen and oxygen atoms in total. The van der Waals surface area contributed by atoms with E-state index in [1.165, 1.54) is 37.4 Å². The van der Waals surface area contributed by atoms with Gasteiger partial charge in [0.1, 0.15) is 5.75 Å². The molecule has 2 N–H and O–H groups in total. The van der Waals surface area contributed by atoms with Gasteiger partial charge >= 0.3 is 0 Å². The number of carbonyl (C=O) groups is 3. The highest BCUT2D eigenvalue weighted by atomic mass is 32.2. The average Bonchev–Trinajstić information content (AvgIpc) is 3.10. The second-order valence-electron chi connectivity index (χ2n) is 7.39. The maximum atomic E-state index is 13.1. The van der Waals surface area contributed by atoms with E-state index in [0.29, 0.717) is 0 Å². The standard InChI is InChI=1S/C22H25N3O6S/c1-4-14(2)23-22(28)16-7-5-6-8-17(16)24-32(29,30)15-9-10-19(31-3)18(13-15)25-20(26)11-12-21(25)27/h5-10,13-14,24H,4,11-12H2,1-3H3,(H,23,28). The molecular formula is C22H25N3O6S. The van der Waals surface area contributed by atoms with E-state index >= 15 is 0 Å². The zero-order valence-corrected chi connectivity index (χ0v) is 18.9. The van der Waals surface area contributed by atoms with Crippen LogP contribution in [0.3, 0.4) is 0 Å². The fraction of sp³-hybridized carbons (Fsp3) is 0.318. The monoisotopic (exact) mass is 459 g/mol. The lowest BCUT2D eigenvalue weighted by molar-refractivity contribution is -0.121. The first-order chi connectivity index (χ1) is 15.2. The number of methoxy groups -OCH3 is 1. The Morgan fingerprint density at radius 2 is 1.78 bits per heavy atom. The number of ether oxygens (including phenoxy) is 1. The maximum Gasteiger partial charge on any atom is 0.261 e. The minimum absolute atomic E-state index is 0.0515. The number of sulfonamides is 1. The van der Waals surface area contributed by atoms with Gasteiger partial charge in [0.2, 0.25) is 11.8 Å². The molecule has 3 rings (SSSR count). The molecule has 0 aliphatic carbocycles. The predicted octanol–water partition coefficient (Wildman–Crippen LogP) is 2.68. The summed E-state index contributed by atoms with van der Waals surface area (Å²) < 4.78 is 33.9. The lowest BCUT2D eigenvalue weighted by Crippen LogP contribution is -2.32. The Morgan fingerprint density at radius 3 is 2.41 bits per heavy atom. The van der Waals surface area contributed by atoms with E-state index in [1.54, 1.807) is 12.1 Å². The second-order valence-corrected chi connectivity index (χ2v) is 9.07. The van der Waals surface area contributed by atoms with E-state index in [-0.39, 0.29) is 46.5 Å². The number of benzene rings is 2. The SMILES string of the molecule is CCC(C)NC(=O)c1ccccc1NS(=O)(=O)c1ccc(OC)c(N2C(=O)CCC2=O)c1. The van der Waals surface area contributed by atoms with E-state index in [1.807, 2.05) is 13.8 Å². The molecule has 2 aromatic carbocycles. The Morgan fingerprint density at radius 1 is 1.12 bits per heavy atom. The topological polar surface area (TPSA) is 122 Å². The van der Waals surface area contributed by atoms with E-state index in [4.69, 9.17) is 4.74 Å². The molecule has 1 heterocycles. The highest BCUT2D eigenvalue weighted by Crippen LogP contribution is 2.34. The number of nitrogens with zero attached hydrogens (tertiary/aromatic N) is 1. The van der Waals surface area contributed by atoms with E-state index in [9.17, 15) is 22.8 Å². The van der Waals surface area contributed by atoms with Crippen molar-refractivity contribution in [2.45, 2.75) is 44.0 Å². The molecule has 1 aliphatic rings. The van der Waals surface area contributed by atoms with Gasteiger partial charge in [0.05, 0.1) is 28.9 Å². The van der Waals surface area contributed by atoms with E-state index in [2.05, 4.69) is 10.0 Å². The van der Waals surface area contributed by atoms with Gasteiger partial charge in [0.25, 0.3) is 15.9 Å². The summed E-state index contributed by atoms with van der Waals surface area (Å²) in [5.74, 6) is -1.06. The molecule has 0 aromatic heterocycles. The van der Waals surface area contributed by atoms with Crippen LogP contribution in [0.5, 0.6) is 5.75 Å². The molecule has 10 heteroatoms. The third-order valence-corrected chi connectivity index (χ3v) is 6.52. The number of anilines is 2. The first-order valence-corrected chi connectivity index (χ1v) is 11.6. The van der Waals surface area contributed by atoms with Gasteiger partial charge in [-0.15, -0.1) is 0 Å². The van der Waals surface area contributed by atoms with Crippen LogP contribution in [0.4, 0.5) is 11.4 Å². The normalized spacial score (nSPS) is 14.9. The number of rotatable bonds is 8. The number of imide groups is 1. The first kappa shape index (κ1) is 23.3. The van der Waals surface area contributed by atoms with Crippen molar-refractivity contribution in [1.82, 2.24) is 5.32 Å². The van der Waals surface area contributed by atoms with Gasteiger partial charge in [-0.05, 0) is 43.7 Å². The van der Waals surface area contributed by atoms with Crippen LogP contribution in [0.25, 0.3) is 0 Å². The van der Waals surface area contributed by atoms with Gasteiger partial charge in [0.15, 0.2) is 0 Å². The molecule has 170 valence electrons. The van der Waals surface area contributed by atoms with Crippen LogP contribution in [0, 0.1) is 0 Å². The quantitative estimate of drug-likeness (QED) is 0.586. The van der Waals surface area contributed by atoms with Crippen LogP contribution in [0.2, 0.25) is 0 Å². The summed E-state index contributed by atoms with van der Waals surface area (Å²) >= 11 is 0. The molecule has 0 radical (unpaired) electrons. The average molecular weight is 460 g/mol. The molecule has 1 unspecified atom stereocenters. The van der Waals surface area contributed by atoms with E-state index in [0.717, 1.165) is 11.3 Å². The lowest BCUT2D eigenvalue weighted by Gasteiger charge is -2.19. The van der Waals surface area contributed by atoms with Crippen molar-refractivity contribution in [3.63, 3.8) is 0 Å². The Labute approximate surface area is 186 Å². The van der Waals surface area contributed by atoms with Crippen LogP contribution in [-0.2, 0) is 19.6 Å². The molecule has 0 saturated carbocycles. The molecule has 0 spiro atoms. The molecule has 3 amide bonds. The minimum Gasteiger partial charge on any atom is -0.495 e. The molecule has 1 atom stereocenters. The fourth-order valence-electron chi connectivity index (χ4n) is 3.23. The van der Waals surface area contributed by atoms with Crippen LogP contribution >= 0.6 is 0 Å². The summed E-state index contributed by atoms with van der Waals surface area (Å²) in [4.78, 5) is 37.7. The zero-order chi connectivity index (χ0) is 23.5. The van der Waals surface area contributed by atoms with Crippen LogP contribution < -0.4 is 19.7 Å². The van der Waals surface area contributed by atoms with Gasteiger partial charge < -0.3 is 10.1 Å². The first-order valence-electron chi connectivity index (χ1n) is 10.1. The Hall–Kier alpha value is -3.40. The smallest absolute Gasteiger partial charge is 0.261 e. The van der Waals surface area contributed by atoms with Gasteiger partial charge in [-0.1, -0.05) is 19.1 Å². The van der Waals surface area contributed by atoms with Crippen LogP contribution in [0.15, 0.2) is 47.4 Å². The highest BCUT2D eigenvalue weighted by molar-refractivity contribution is 7.92. The summed E-state index contributed by atoms with van der Waals surface area (Å²) in [7, 11) is -2.79. The maximum absolute atomic E-state index is 13.1. The Bertz CT molecular complexity index is 1150. The summed E-state index contributed by atoms with van der Waals surface area (Å²) in [6.45, 7) is 3.78. The van der Waals surface area contributed by atoms with Crippen molar-refractivity contribution in [2.75, 3.05) is 16.7 Å². The number of amides is 3. The predicted molar refractivity (Wildman–Crippen MR) is 119 cm³/mol. The summed E-state index contributed by atoms with van der Waals surface area (Å²) in [6.07, 6.45) is 0.827. The lowest BCUT2D eigenvalue weighted by atomic mass is 10.1. The summed E-state index contributed by atoms with van der Waals surface area (Å²) in [5.41, 5.74) is 0.347. The van der Waals surface area contributed by atoms with Crippen molar-refractivity contribution in [3.8, 4) is 5.75 Å². The van der Waals surface area contributed by atoms with Crippen molar-refractivity contribution < 1.29 is 27.5 Å². The van der Waals surface area contributed by atoms with Crippen molar-refractivity contribution in [3.05, 3.63) is 48.0 Å². The van der Waals surface area contributed by atoms with Crippen LogP contribution in [-0.4, -0.2) is 39.3 Å². The largest absolute Gasteiger partial charge is 0.495 e. The Balaban J connectivity index is 1.97. The number of carbonyl (C=O) groups excluding carboxylic acids is 3. The molecule has 32 heavy (non-hydrogen) atoms. The van der Waals surface area contributed by atoms with Crippen molar-refractivity contribution >= 4 is 39.1 Å². The van der Waals surface area contributed by atoms with Gasteiger partial charge in [0, 0.05) is 18.9 Å². The minimum atomic E-state index is -4.15. The van der Waals surface area contributed by atoms with Gasteiger partial charge in [-0.2, -0.15) is 0 Å².